The van der Waals surface area contributed by atoms with Crippen LogP contribution in [0.5, 0.6) is 0 Å². The largest absolute Gasteiger partial charge is 0.368 e. The standard InChI is InChI=1S/C16H21N5O2/c22-10-21-6-2-11(3-7-21)12-1-4-18-16-14(12)19-15(20-16)13-9-17-5-8-23-13/h1,4,10-11,13,17H,2-3,5-9H2,(H,18,19,20)/t13-/m0/s1. The van der Waals surface area contributed by atoms with Gasteiger partial charge in [-0.05, 0) is 30.4 Å². The molecule has 23 heavy (non-hydrogen) atoms. The van der Waals surface area contributed by atoms with E-state index in [1.54, 1.807) is 0 Å². The van der Waals surface area contributed by atoms with Crippen LogP contribution in [0.25, 0.3) is 11.2 Å². The molecule has 1 atom stereocenters. The molecule has 0 radical (unpaired) electrons. The lowest BCUT2D eigenvalue weighted by Crippen LogP contribution is -2.33. The molecule has 2 aromatic heterocycles. The number of morpholine rings is 1. The van der Waals surface area contributed by atoms with Crippen molar-refractivity contribution in [2.45, 2.75) is 24.9 Å². The molecule has 2 fully saturated rings. The number of H-pyrrole nitrogens is 1. The normalized spacial score (nSPS) is 23.3. The molecule has 4 rings (SSSR count). The number of ether oxygens (including phenoxy) is 1. The first-order valence-corrected chi connectivity index (χ1v) is 8.21. The second-order valence-corrected chi connectivity index (χ2v) is 6.20. The number of carbonyl (C=O) groups is 1. The van der Waals surface area contributed by atoms with E-state index in [0.29, 0.717) is 12.5 Å². The van der Waals surface area contributed by atoms with Crippen molar-refractivity contribution in [2.24, 2.45) is 0 Å². The molecule has 0 spiro atoms. The lowest BCUT2D eigenvalue weighted by molar-refractivity contribution is -0.119. The van der Waals surface area contributed by atoms with Crippen molar-refractivity contribution in [3.63, 3.8) is 0 Å². The van der Waals surface area contributed by atoms with E-state index in [2.05, 4.69) is 21.4 Å². The first kappa shape index (κ1) is 14.6. The van der Waals surface area contributed by atoms with Crippen molar-refractivity contribution in [1.29, 1.82) is 0 Å². The molecule has 0 aliphatic carbocycles. The summed E-state index contributed by atoms with van der Waals surface area (Å²) in [5.74, 6) is 1.27. The van der Waals surface area contributed by atoms with Crippen molar-refractivity contribution in [1.82, 2.24) is 25.2 Å². The average Bonchev–Trinajstić information content (AvgIpc) is 3.07. The third-order valence-electron chi connectivity index (χ3n) is 4.79. The van der Waals surface area contributed by atoms with E-state index >= 15 is 0 Å². The van der Waals surface area contributed by atoms with Crippen molar-refractivity contribution >= 4 is 17.6 Å². The Bertz CT molecular complexity index is 687. The number of carbonyl (C=O) groups excluding carboxylic acids is 1. The van der Waals surface area contributed by atoms with Crippen LogP contribution < -0.4 is 5.32 Å². The minimum Gasteiger partial charge on any atom is -0.368 e. The predicted octanol–water partition coefficient (Wildman–Crippen LogP) is 0.955. The molecule has 2 aliphatic heterocycles. The molecule has 4 heterocycles. The van der Waals surface area contributed by atoms with Gasteiger partial charge in [0.1, 0.15) is 17.4 Å². The number of piperidine rings is 1. The number of imidazole rings is 1. The molecule has 0 saturated carbocycles. The molecule has 2 aromatic rings. The van der Waals surface area contributed by atoms with Gasteiger partial charge in [-0.1, -0.05) is 0 Å². The maximum absolute atomic E-state index is 10.9. The van der Waals surface area contributed by atoms with Crippen LogP contribution in [-0.2, 0) is 9.53 Å². The zero-order valence-electron chi connectivity index (χ0n) is 13.0. The number of hydrogen-bond donors (Lipinski definition) is 2. The van der Waals surface area contributed by atoms with E-state index in [0.717, 1.165) is 62.4 Å². The van der Waals surface area contributed by atoms with Crippen LogP contribution in [0.15, 0.2) is 12.3 Å². The smallest absolute Gasteiger partial charge is 0.209 e. The first-order valence-electron chi connectivity index (χ1n) is 8.21. The van der Waals surface area contributed by atoms with Crippen LogP contribution in [0.4, 0.5) is 0 Å². The summed E-state index contributed by atoms with van der Waals surface area (Å²) >= 11 is 0. The number of pyridine rings is 1. The SMILES string of the molecule is O=CN1CCC(c2ccnc3[nH]c([C@@H]4CNCCO4)nc23)CC1. The summed E-state index contributed by atoms with van der Waals surface area (Å²) < 4.78 is 5.78. The van der Waals surface area contributed by atoms with Crippen molar-refractivity contribution < 1.29 is 9.53 Å². The van der Waals surface area contributed by atoms with Gasteiger partial charge in [-0.15, -0.1) is 0 Å². The van der Waals surface area contributed by atoms with Gasteiger partial charge in [0.2, 0.25) is 6.41 Å². The van der Waals surface area contributed by atoms with E-state index in [1.165, 1.54) is 5.56 Å². The predicted molar refractivity (Wildman–Crippen MR) is 85.1 cm³/mol. The average molecular weight is 315 g/mol. The lowest BCUT2D eigenvalue weighted by atomic mass is 9.89. The molecule has 122 valence electrons. The molecule has 7 heteroatoms. The molecule has 2 N–H and O–H groups in total. The second-order valence-electron chi connectivity index (χ2n) is 6.20. The Kier molecular flexibility index (Phi) is 3.97. The Morgan fingerprint density at radius 3 is 2.96 bits per heavy atom. The minimum absolute atomic E-state index is 0.0392. The van der Waals surface area contributed by atoms with Crippen LogP contribution in [0.1, 0.15) is 36.3 Å². The monoisotopic (exact) mass is 315 g/mol. The number of hydrogen-bond acceptors (Lipinski definition) is 5. The molecule has 2 saturated heterocycles. The Labute approximate surface area is 134 Å². The summed E-state index contributed by atoms with van der Waals surface area (Å²) in [4.78, 5) is 25.2. The maximum atomic E-state index is 10.9. The van der Waals surface area contributed by atoms with Crippen molar-refractivity contribution in [3.8, 4) is 0 Å². The summed E-state index contributed by atoms with van der Waals surface area (Å²) in [6.07, 6.45) is 4.69. The van der Waals surface area contributed by atoms with Gasteiger partial charge < -0.3 is 19.9 Å². The topological polar surface area (TPSA) is 83.1 Å². The van der Waals surface area contributed by atoms with E-state index in [9.17, 15) is 4.79 Å². The van der Waals surface area contributed by atoms with Gasteiger partial charge in [0, 0.05) is 32.4 Å². The molecular formula is C16H21N5O2. The minimum atomic E-state index is -0.0392. The Morgan fingerprint density at radius 1 is 1.35 bits per heavy atom. The quantitative estimate of drug-likeness (QED) is 0.824. The Balaban J connectivity index is 1.62. The number of likely N-dealkylation sites (tertiary alicyclic amines) is 1. The molecule has 1 amide bonds. The maximum Gasteiger partial charge on any atom is 0.209 e. The number of rotatable bonds is 3. The van der Waals surface area contributed by atoms with Gasteiger partial charge in [-0.3, -0.25) is 4.79 Å². The Morgan fingerprint density at radius 2 is 2.22 bits per heavy atom. The van der Waals surface area contributed by atoms with Crippen LogP contribution in [-0.4, -0.2) is 59.0 Å². The highest BCUT2D eigenvalue weighted by Gasteiger charge is 2.25. The summed E-state index contributed by atoms with van der Waals surface area (Å²) in [6, 6.07) is 2.06. The number of nitrogens with zero attached hydrogens (tertiary/aromatic N) is 3. The molecule has 7 nitrogen and oxygen atoms in total. The number of fused-ring (bicyclic) bond motifs is 1. The summed E-state index contributed by atoms with van der Waals surface area (Å²) in [6.45, 7) is 3.98. The van der Waals surface area contributed by atoms with Gasteiger partial charge in [0.15, 0.2) is 5.65 Å². The number of nitrogens with one attached hydrogen (secondary N) is 2. The van der Waals surface area contributed by atoms with E-state index in [1.807, 2.05) is 11.1 Å². The highest BCUT2D eigenvalue weighted by molar-refractivity contribution is 5.75. The van der Waals surface area contributed by atoms with Crippen LogP contribution in [0.2, 0.25) is 0 Å². The van der Waals surface area contributed by atoms with Gasteiger partial charge in [-0.25, -0.2) is 9.97 Å². The van der Waals surface area contributed by atoms with E-state index in [-0.39, 0.29) is 6.10 Å². The van der Waals surface area contributed by atoms with Crippen LogP contribution >= 0.6 is 0 Å². The molecule has 2 aliphatic rings. The third kappa shape index (κ3) is 2.82. The number of amides is 1. The number of aromatic amines is 1. The molecule has 0 bridgehead atoms. The molecule has 0 unspecified atom stereocenters. The third-order valence-corrected chi connectivity index (χ3v) is 4.79. The van der Waals surface area contributed by atoms with E-state index in [4.69, 9.17) is 9.72 Å². The van der Waals surface area contributed by atoms with Crippen molar-refractivity contribution in [2.75, 3.05) is 32.8 Å². The summed E-state index contributed by atoms with van der Waals surface area (Å²) in [5.41, 5.74) is 3.00. The van der Waals surface area contributed by atoms with Crippen molar-refractivity contribution in [3.05, 3.63) is 23.7 Å². The zero-order chi connectivity index (χ0) is 15.6. The van der Waals surface area contributed by atoms with Gasteiger partial charge in [0.05, 0.1) is 6.61 Å². The fraction of sp³-hybridized carbons (Fsp3) is 0.562. The van der Waals surface area contributed by atoms with Gasteiger partial charge in [0.25, 0.3) is 0 Å². The fourth-order valence-corrected chi connectivity index (χ4v) is 3.49. The summed E-state index contributed by atoms with van der Waals surface area (Å²) in [7, 11) is 0. The highest BCUT2D eigenvalue weighted by Crippen LogP contribution is 2.32. The fourth-order valence-electron chi connectivity index (χ4n) is 3.49. The van der Waals surface area contributed by atoms with E-state index < -0.39 is 0 Å². The van der Waals surface area contributed by atoms with Crippen LogP contribution in [0, 0.1) is 0 Å². The van der Waals surface area contributed by atoms with Gasteiger partial charge >= 0.3 is 0 Å². The highest BCUT2D eigenvalue weighted by atomic mass is 16.5. The van der Waals surface area contributed by atoms with Gasteiger partial charge in [-0.2, -0.15) is 0 Å². The zero-order valence-corrected chi connectivity index (χ0v) is 13.0. The molecular weight excluding hydrogens is 294 g/mol. The summed E-state index contributed by atoms with van der Waals surface area (Å²) in [5, 5.41) is 3.32. The second kappa shape index (κ2) is 6.25. The van der Waals surface area contributed by atoms with Crippen LogP contribution in [0.3, 0.4) is 0 Å². The lowest BCUT2D eigenvalue weighted by Gasteiger charge is -2.29. The Hall–Kier alpha value is -1.99. The number of aromatic nitrogens is 3. The first-order chi connectivity index (χ1) is 11.3. The molecule has 0 aromatic carbocycles.